The minimum absolute atomic E-state index is 0.177. The molecule has 0 aliphatic heterocycles. The van der Waals surface area contributed by atoms with Gasteiger partial charge in [0.05, 0.1) is 6.54 Å². The number of carbonyl (C=O) groups is 1. The molecule has 1 heterocycles. The Morgan fingerprint density at radius 3 is 2.58 bits per heavy atom. The van der Waals surface area contributed by atoms with Crippen LogP contribution in [0.15, 0.2) is 42.7 Å². The molecule has 1 aliphatic carbocycles. The molecule has 0 saturated heterocycles. The van der Waals surface area contributed by atoms with Crippen LogP contribution in [-0.2, 0) is 6.54 Å². The Hall–Kier alpha value is -2.47. The fourth-order valence-corrected chi connectivity index (χ4v) is 3.11. The molecule has 24 heavy (non-hydrogen) atoms. The molecule has 3 rings (SSSR count). The largest absolute Gasteiger partial charge is 0.335 e. The number of carbonyl (C=O) groups excluding carboxylic acids is 1. The fourth-order valence-electron chi connectivity index (χ4n) is 3.11. The molecule has 1 aliphatic rings. The van der Waals surface area contributed by atoms with Crippen molar-refractivity contribution in [3.63, 3.8) is 0 Å². The van der Waals surface area contributed by atoms with Crippen LogP contribution in [0, 0.1) is 5.92 Å². The van der Waals surface area contributed by atoms with E-state index in [9.17, 15) is 4.79 Å². The number of rotatable bonds is 5. The Balaban J connectivity index is 1.50. The van der Waals surface area contributed by atoms with E-state index in [1.165, 1.54) is 0 Å². The lowest BCUT2D eigenvalue weighted by Crippen LogP contribution is -2.45. The number of benzene rings is 1. The van der Waals surface area contributed by atoms with E-state index in [-0.39, 0.29) is 12.1 Å². The Bertz CT molecular complexity index is 659. The predicted octanol–water partition coefficient (Wildman–Crippen LogP) is 2.07. The Morgan fingerprint density at radius 1 is 1.12 bits per heavy atom. The molecule has 1 aromatic heterocycles. The van der Waals surface area contributed by atoms with Crippen LogP contribution in [-0.4, -0.2) is 28.6 Å². The summed E-state index contributed by atoms with van der Waals surface area (Å²) in [5, 5.41) is 5.82. The smallest absolute Gasteiger partial charge is 0.315 e. The number of aromatic nitrogens is 2. The highest BCUT2D eigenvalue weighted by Gasteiger charge is 2.27. The third-order valence-corrected chi connectivity index (χ3v) is 4.50. The highest BCUT2D eigenvalue weighted by atomic mass is 16.2. The van der Waals surface area contributed by atoms with Crippen molar-refractivity contribution in [3.8, 4) is 11.1 Å². The maximum absolute atomic E-state index is 12.0. The van der Waals surface area contributed by atoms with Crippen LogP contribution in [0.2, 0.25) is 0 Å². The van der Waals surface area contributed by atoms with Crippen LogP contribution >= 0.6 is 0 Å². The van der Waals surface area contributed by atoms with Crippen molar-refractivity contribution in [1.82, 2.24) is 20.6 Å². The molecule has 0 bridgehead atoms. The maximum atomic E-state index is 12.0. The van der Waals surface area contributed by atoms with E-state index in [1.807, 2.05) is 30.3 Å². The Morgan fingerprint density at radius 2 is 1.88 bits per heavy atom. The van der Waals surface area contributed by atoms with Gasteiger partial charge in [0.2, 0.25) is 0 Å². The summed E-state index contributed by atoms with van der Waals surface area (Å²) < 4.78 is 0. The molecule has 1 fully saturated rings. The maximum Gasteiger partial charge on any atom is 0.315 e. The van der Waals surface area contributed by atoms with Crippen molar-refractivity contribution in [2.45, 2.75) is 31.8 Å². The van der Waals surface area contributed by atoms with Crippen molar-refractivity contribution in [2.75, 3.05) is 6.54 Å². The van der Waals surface area contributed by atoms with Gasteiger partial charge in [-0.25, -0.2) is 14.8 Å². The minimum Gasteiger partial charge on any atom is -0.335 e. The molecule has 2 amide bonds. The number of nitrogens with one attached hydrogen (secondary N) is 2. The van der Waals surface area contributed by atoms with Crippen LogP contribution in [0.25, 0.3) is 11.1 Å². The zero-order chi connectivity index (χ0) is 16.8. The van der Waals surface area contributed by atoms with Crippen LogP contribution in [0.5, 0.6) is 0 Å². The van der Waals surface area contributed by atoms with Crippen molar-refractivity contribution >= 4 is 6.03 Å². The summed E-state index contributed by atoms with van der Waals surface area (Å²) in [6.45, 7) is 0.927. The van der Waals surface area contributed by atoms with E-state index in [2.05, 4.69) is 20.6 Å². The van der Waals surface area contributed by atoms with Gasteiger partial charge in [-0.3, -0.25) is 0 Å². The average Bonchev–Trinajstić information content (AvgIpc) is 3.08. The zero-order valence-corrected chi connectivity index (χ0v) is 13.6. The van der Waals surface area contributed by atoms with Crippen LogP contribution < -0.4 is 16.4 Å². The highest BCUT2D eigenvalue weighted by molar-refractivity contribution is 5.74. The third kappa shape index (κ3) is 4.08. The van der Waals surface area contributed by atoms with E-state index in [4.69, 9.17) is 5.73 Å². The number of nitrogens with two attached hydrogens (primary N) is 1. The van der Waals surface area contributed by atoms with Gasteiger partial charge in [0.25, 0.3) is 0 Å². The Kier molecular flexibility index (Phi) is 5.38. The van der Waals surface area contributed by atoms with Gasteiger partial charge in [0, 0.05) is 24.0 Å². The van der Waals surface area contributed by atoms with Gasteiger partial charge in [0.15, 0.2) is 0 Å². The standard InChI is InChI=1S/C18H23N5O/c19-9-14-7-4-8-16(14)23-18(24)22-12-17-20-10-15(11-21-17)13-5-2-1-3-6-13/h1-3,5-6,10-11,14,16H,4,7-9,12,19H2,(H2,22,23,24). The average molecular weight is 325 g/mol. The predicted molar refractivity (Wildman–Crippen MR) is 93.0 cm³/mol. The molecule has 2 aromatic rings. The monoisotopic (exact) mass is 325 g/mol. The zero-order valence-electron chi connectivity index (χ0n) is 13.6. The molecule has 1 saturated carbocycles. The van der Waals surface area contributed by atoms with Crippen molar-refractivity contribution in [1.29, 1.82) is 0 Å². The topological polar surface area (TPSA) is 92.9 Å². The van der Waals surface area contributed by atoms with Gasteiger partial charge in [0.1, 0.15) is 5.82 Å². The van der Waals surface area contributed by atoms with E-state index in [0.29, 0.717) is 24.8 Å². The molecule has 2 atom stereocenters. The van der Waals surface area contributed by atoms with Gasteiger partial charge in [-0.15, -0.1) is 0 Å². The number of nitrogens with zero attached hydrogens (tertiary/aromatic N) is 2. The molecule has 6 nitrogen and oxygen atoms in total. The quantitative estimate of drug-likeness (QED) is 0.784. The second kappa shape index (κ2) is 7.88. The van der Waals surface area contributed by atoms with E-state index >= 15 is 0 Å². The second-order valence-electron chi connectivity index (χ2n) is 6.11. The lowest BCUT2D eigenvalue weighted by Gasteiger charge is -2.19. The first kappa shape index (κ1) is 16.4. The molecule has 1 aromatic carbocycles. The molecule has 0 radical (unpaired) electrons. The lowest BCUT2D eigenvalue weighted by molar-refractivity contribution is 0.233. The first-order valence-corrected chi connectivity index (χ1v) is 8.37. The summed E-state index contributed by atoms with van der Waals surface area (Å²) in [7, 11) is 0. The highest BCUT2D eigenvalue weighted by Crippen LogP contribution is 2.24. The van der Waals surface area contributed by atoms with Crippen molar-refractivity contribution in [2.24, 2.45) is 11.7 Å². The number of urea groups is 1. The molecule has 2 unspecified atom stereocenters. The van der Waals surface area contributed by atoms with Gasteiger partial charge >= 0.3 is 6.03 Å². The molecule has 126 valence electrons. The van der Waals surface area contributed by atoms with E-state index in [1.54, 1.807) is 12.4 Å². The molecular formula is C18H23N5O. The van der Waals surface area contributed by atoms with Crippen LogP contribution in [0.3, 0.4) is 0 Å². The van der Waals surface area contributed by atoms with Crippen LogP contribution in [0.1, 0.15) is 25.1 Å². The van der Waals surface area contributed by atoms with Gasteiger partial charge < -0.3 is 16.4 Å². The van der Waals surface area contributed by atoms with Crippen molar-refractivity contribution in [3.05, 3.63) is 48.5 Å². The Labute approximate surface area is 141 Å². The molecule has 4 N–H and O–H groups in total. The number of hydrogen-bond acceptors (Lipinski definition) is 4. The van der Waals surface area contributed by atoms with E-state index in [0.717, 1.165) is 30.4 Å². The molecule has 0 spiro atoms. The summed E-state index contributed by atoms with van der Waals surface area (Å²) in [6, 6.07) is 9.95. The normalized spacial score (nSPS) is 19.9. The SMILES string of the molecule is NCC1CCCC1NC(=O)NCc1ncc(-c2ccccc2)cn1. The number of hydrogen-bond donors (Lipinski definition) is 3. The summed E-state index contributed by atoms with van der Waals surface area (Å²) in [5.74, 6) is 0.976. The fraction of sp³-hybridized carbons (Fsp3) is 0.389. The van der Waals surface area contributed by atoms with Gasteiger partial charge in [-0.2, -0.15) is 0 Å². The van der Waals surface area contributed by atoms with Gasteiger partial charge in [-0.1, -0.05) is 36.8 Å². The third-order valence-electron chi connectivity index (χ3n) is 4.50. The van der Waals surface area contributed by atoms with E-state index < -0.39 is 0 Å². The molecular weight excluding hydrogens is 302 g/mol. The first-order chi connectivity index (χ1) is 11.8. The van der Waals surface area contributed by atoms with Gasteiger partial charge in [-0.05, 0) is 30.9 Å². The second-order valence-corrected chi connectivity index (χ2v) is 6.11. The summed E-state index contributed by atoms with van der Waals surface area (Å²) >= 11 is 0. The number of amides is 2. The first-order valence-electron chi connectivity index (χ1n) is 8.37. The summed E-state index contributed by atoms with van der Waals surface area (Å²) in [5.41, 5.74) is 7.77. The van der Waals surface area contributed by atoms with Crippen molar-refractivity contribution < 1.29 is 4.79 Å². The minimum atomic E-state index is -0.184. The molecule has 6 heteroatoms. The van der Waals surface area contributed by atoms with Crippen LogP contribution in [0.4, 0.5) is 4.79 Å². The summed E-state index contributed by atoms with van der Waals surface area (Å²) in [6.07, 6.45) is 6.76. The summed E-state index contributed by atoms with van der Waals surface area (Å²) in [4.78, 5) is 20.6. The lowest BCUT2D eigenvalue weighted by atomic mass is 10.0.